The van der Waals surface area contributed by atoms with E-state index in [1.54, 1.807) is 4.68 Å². The Bertz CT molecular complexity index is 786. The third-order valence-corrected chi connectivity index (χ3v) is 4.76. The van der Waals surface area contributed by atoms with Gasteiger partial charge in [-0.05, 0) is 58.4 Å². The number of hydrogen-bond acceptors (Lipinski definition) is 4. The summed E-state index contributed by atoms with van der Waals surface area (Å²) in [6, 6.07) is 4.53. The molecule has 0 atom stereocenters. The zero-order valence-corrected chi connectivity index (χ0v) is 18.0. The fourth-order valence-electron chi connectivity index (χ4n) is 3.19. The molecule has 148 valence electrons. The Labute approximate surface area is 162 Å². The predicted octanol–water partition coefficient (Wildman–Crippen LogP) is 3.24. The van der Waals surface area contributed by atoms with Gasteiger partial charge in [0.25, 0.3) is 0 Å². The zero-order chi connectivity index (χ0) is 20.4. The minimum Gasteiger partial charge on any atom is -0.354 e. The van der Waals surface area contributed by atoms with E-state index in [1.165, 1.54) is 22.3 Å². The van der Waals surface area contributed by atoms with E-state index in [9.17, 15) is 4.79 Å². The smallest absolute Gasteiger partial charge is 0.241 e. The van der Waals surface area contributed by atoms with Crippen molar-refractivity contribution in [2.24, 2.45) is 0 Å². The molecule has 0 spiro atoms. The molecule has 6 nitrogen and oxygen atoms in total. The first-order chi connectivity index (χ1) is 12.4. The molecule has 0 aliphatic heterocycles. The van der Waals surface area contributed by atoms with Gasteiger partial charge in [-0.3, -0.25) is 4.79 Å². The van der Waals surface area contributed by atoms with Gasteiger partial charge < -0.3 is 5.32 Å². The lowest BCUT2D eigenvalue weighted by molar-refractivity contribution is -0.121. The summed E-state index contributed by atoms with van der Waals surface area (Å²) in [5.74, 6) is 0.636. The van der Waals surface area contributed by atoms with Crippen LogP contribution < -0.4 is 5.32 Å². The van der Waals surface area contributed by atoms with Crippen molar-refractivity contribution < 1.29 is 4.79 Å². The van der Waals surface area contributed by atoms with Crippen molar-refractivity contribution in [3.05, 3.63) is 40.2 Å². The molecule has 1 N–H and O–H groups in total. The van der Waals surface area contributed by atoms with Gasteiger partial charge in [-0.2, -0.15) is 0 Å². The molecule has 0 aliphatic rings. The Morgan fingerprint density at radius 2 is 1.63 bits per heavy atom. The van der Waals surface area contributed by atoms with Crippen LogP contribution in [0, 0.1) is 13.8 Å². The van der Waals surface area contributed by atoms with Crippen LogP contribution in [-0.2, 0) is 28.6 Å². The summed E-state index contributed by atoms with van der Waals surface area (Å²) in [5.41, 5.74) is 5.15. The second-order valence-corrected chi connectivity index (χ2v) is 9.35. The highest BCUT2D eigenvalue weighted by Crippen LogP contribution is 2.27. The van der Waals surface area contributed by atoms with Crippen LogP contribution >= 0.6 is 0 Å². The summed E-state index contributed by atoms with van der Waals surface area (Å²) < 4.78 is 1.57. The molecule has 1 aromatic heterocycles. The molecule has 6 heteroatoms. The third-order valence-electron chi connectivity index (χ3n) is 4.76. The first kappa shape index (κ1) is 21.1. The van der Waals surface area contributed by atoms with Crippen LogP contribution in [0.3, 0.4) is 0 Å². The highest BCUT2D eigenvalue weighted by molar-refractivity contribution is 5.75. The van der Waals surface area contributed by atoms with Gasteiger partial charge in [0.1, 0.15) is 6.54 Å². The van der Waals surface area contributed by atoms with Gasteiger partial charge in [-0.1, -0.05) is 53.7 Å². The second-order valence-electron chi connectivity index (χ2n) is 9.35. The van der Waals surface area contributed by atoms with Crippen molar-refractivity contribution in [1.29, 1.82) is 0 Å². The van der Waals surface area contributed by atoms with Crippen LogP contribution in [0.5, 0.6) is 0 Å². The average Bonchev–Trinajstić information content (AvgIpc) is 2.97. The van der Waals surface area contributed by atoms with E-state index in [4.69, 9.17) is 0 Å². The van der Waals surface area contributed by atoms with Crippen molar-refractivity contribution in [2.45, 2.75) is 79.2 Å². The number of rotatable bonds is 5. The number of amides is 1. The highest BCUT2D eigenvalue weighted by atomic mass is 16.2. The number of carbonyl (C=O) groups excluding carboxylic acids is 1. The normalized spacial score (nSPS) is 12.3. The average molecular weight is 372 g/mol. The van der Waals surface area contributed by atoms with Crippen molar-refractivity contribution >= 4 is 5.91 Å². The number of benzene rings is 1. The standard InChI is InChI=1S/C21H33N5O/c1-14-11-16(20(3,4)5)12-15(2)17(14)9-10-22-18(27)13-26-19(21(6,7)8)23-24-25-26/h11-12H,9-10,13H2,1-8H3,(H,22,27). The Balaban J connectivity index is 1.97. The molecule has 0 unspecified atom stereocenters. The molecule has 27 heavy (non-hydrogen) atoms. The highest BCUT2D eigenvalue weighted by Gasteiger charge is 2.23. The van der Waals surface area contributed by atoms with Crippen molar-refractivity contribution in [2.75, 3.05) is 6.54 Å². The number of hydrogen-bond donors (Lipinski definition) is 1. The largest absolute Gasteiger partial charge is 0.354 e. The van der Waals surface area contributed by atoms with E-state index in [1.807, 2.05) is 20.8 Å². The van der Waals surface area contributed by atoms with Crippen molar-refractivity contribution in [1.82, 2.24) is 25.5 Å². The third kappa shape index (κ3) is 5.37. The second kappa shape index (κ2) is 7.79. The maximum Gasteiger partial charge on any atom is 0.241 e. The molecule has 2 aromatic rings. The first-order valence-corrected chi connectivity index (χ1v) is 9.53. The first-order valence-electron chi connectivity index (χ1n) is 9.53. The van der Waals surface area contributed by atoms with E-state index in [2.05, 4.69) is 67.6 Å². The fraction of sp³-hybridized carbons (Fsp3) is 0.619. The molecule has 0 bridgehead atoms. The number of nitrogens with zero attached hydrogens (tertiary/aromatic N) is 4. The maximum atomic E-state index is 12.3. The molecule has 0 fully saturated rings. The minimum absolute atomic E-state index is 0.0746. The van der Waals surface area contributed by atoms with Crippen molar-refractivity contribution in [3.8, 4) is 0 Å². The lowest BCUT2D eigenvalue weighted by atomic mass is 9.83. The van der Waals surface area contributed by atoms with Gasteiger partial charge in [-0.15, -0.1) is 5.10 Å². The van der Waals surface area contributed by atoms with E-state index in [-0.39, 0.29) is 23.3 Å². The Kier molecular flexibility index (Phi) is 6.07. The summed E-state index contributed by atoms with van der Waals surface area (Å²) >= 11 is 0. The monoisotopic (exact) mass is 371 g/mol. The summed E-state index contributed by atoms with van der Waals surface area (Å²) in [7, 11) is 0. The van der Waals surface area contributed by atoms with Crippen LogP contribution in [0.25, 0.3) is 0 Å². The van der Waals surface area contributed by atoms with Crippen LogP contribution in [-0.4, -0.2) is 32.7 Å². The van der Waals surface area contributed by atoms with Crippen LogP contribution in [0.1, 0.15) is 69.6 Å². The maximum absolute atomic E-state index is 12.3. The molecule has 0 radical (unpaired) electrons. The molecule has 1 heterocycles. The quantitative estimate of drug-likeness (QED) is 0.876. The Morgan fingerprint density at radius 1 is 1.04 bits per heavy atom. The molecule has 1 aromatic carbocycles. The SMILES string of the molecule is Cc1cc(C(C)(C)C)cc(C)c1CCNC(=O)Cn1nnnc1C(C)(C)C. The number of nitrogens with one attached hydrogen (secondary N) is 1. The molecule has 0 saturated heterocycles. The Morgan fingerprint density at radius 3 is 2.15 bits per heavy atom. The van der Waals surface area contributed by atoms with Gasteiger partial charge in [0.15, 0.2) is 5.82 Å². The topological polar surface area (TPSA) is 72.7 Å². The molecule has 0 saturated carbocycles. The van der Waals surface area contributed by atoms with Crippen LogP contribution in [0.15, 0.2) is 12.1 Å². The zero-order valence-electron chi connectivity index (χ0n) is 18.0. The number of carbonyl (C=O) groups is 1. The van der Waals surface area contributed by atoms with Gasteiger partial charge >= 0.3 is 0 Å². The van der Waals surface area contributed by atoms with E-state index in [0.29, 0.717) is 12.4 Å². The minimum atomic E-state index is -0.202. The lowest BCUT2D eigenvalue weighted by Crippen LogP contribution is -2.32. The van der Waals surface area contributed by atoms with Crippen LogP contribution in [0.2, 0.25) is 0 Å². The van der Waals surface area contributed by atoms with Gasteiger partial charge in [0.2, 0.25) is 5.91 Å². The fourth-order valence-corrected chi connectivity index (χ4v) is 3.19. The van der Waals surface area contributed by atoms with Gasteiger partial charge in [0, 0.05) is 12.0 Å². The lowest BCUT2D eigenvalue weighted by Gasteiger charge is -2.22. The molecular weight excluding hydrogens is 338 g/mol. The summed E-state index contributed by atoms with van der Waals surface area (Å²) in [6.45, 7) is 17.8. The number of aryl methyl sites for hydroxylation is 2. The number of aromatic nitrogens is 4. The molecule has 1 amide bonds. The molecule has 2 rings (SSSR count). The van der Waals surface area contributed by atoms with E-state index >= 15 is 0 Å². The van der Waals surface area contributed by atoms with E-state index < -0.39 is 0 Å². The van der Waals surface area contributed by atoms with Gasteiger partial charge in [-0.25, -0.2) is 4.68 Å². The summed E-state index contributed by atoms with van der Waals surface area (Å²) in [5, 5.41) is 14.7. The van der Waals surface area contributed by atoms with Crippen LogP contribution in [0.4, 0.5) is 0 Å². The number of tetrazole rings is 1. The van der Waals surface area contributed by atoms with E-state index in [0.717, 1.165) is 6.42 Å². The Hall–Kier alpha value is -2.24. The summed E-state index contributed by atoms with van der Waals surface area (Å²) in [6.07, 6.45) is 0.815. The summed E-state index contributed by atoms with van der Waals surface area (Å²) in [4.78, 5) is 12.3. The van der Waals surface area contributed by atoms with Crippen molar-refractivity contribution in [3.63, 3.8) is 0 Å². The van der Waals surface area contributed by atoms with Gasteiger partial charge in [0.05, 0.1) is 0 Å². The predicted molar refractivity (Wildman–Crippen MR) is 108 cm³/mol. The molecular formula is C21H33N5O. The molecule has 0 aliphatic carbocycles.